The molecule has 0 bridgehead atoms. The quantitative estimate of drug-likeness (QED) is 0.433. The highest BCUT2D eigenvalue weighted by Crippen LogP contribution is 2.36. The number of amides is 2. The molecule has 1 fully saturated rings. The van der Waals surface area contributed by atoms with Crippen LogP contribution in [0.3, 0.4) is 0 Å². The first-order chi connectivity index (χ1) is 15.6. The van der Waals surface area contributed by atoms with E-state index in [1.165, 1.54) is 11.8 Å². The summed E-state index contributed by atoms with van der Waals surface area (Å²) in [5.74, 6) is -0.515. The Balaban J connectivity index is 1.31. The van der Waals surface area contributed by atoms with Crippen molar-refractivity contribution >= 4 is 51.7 Å². The maximum Gasteiger partial charge on any atom is 0.240 e. The molecule has 1 aliphatic carbocycles. The lowest BCUT2D eigenvalue weighted by molar-refractivity contribution is -0.122. The fourth-order valence-corrected chi connectivity index (χ4v) is 4.74. The van der Waals surface area contributed by atoms with Gasteiger partial charge in [-0.05, 0) is 35.4 Å². The molecular weight excluding hydrogens is 444 g/mol. The number of fused-ring (bicyclic) bond motifs is 3. The molecule has 5 rings (SSSR count). The van der Waals surface area contributed by atoms with Gasteiger partial charge in [-0.3, -0.25) is 9.59 Å². The van der Waals surface area contributed by atoms with Crippen LogP contribution in [0.2, 0.25) is 5.02 Å². The monoisotopic (exact) mass is 460 g/mol. The average molecular weight is 461 g/mol. The van der Waals surface area contributed by atoms with Crippen molar-refractivity contribution in [2.45, 2.75) is 11.7 Å². The van der Waals surface area contributed by atoms with E-state index in [1.807, 2.05) is 36.4 Å². The summed E-state index contributed by atoms with van der Waals surface area (Å²) in [6.45, 7) is 0. The van der Waals surface area contributed by atoms with E-state index in [-0.39, 0.29) is 18.2 Å². The van der Waals surface area contributed by atoms with E-state index in [1.54, 1.807) is 24.3 Å². The first-order valence-electron chi connectivity index (χ1n) is 9.96. The van der Waals surface area contributed by atoms with Crippen molar-refractivity contribution in [1.82, 2.24) is 5.32 Å². The average Bonchev–Trinajstić information content (AvgIpc) is 3.31. The number of amidine groups is 1. The number of halogens is 1. The molecule has 2 N–H and O–H groups in total. The first-order valence-corrected chi connectivity index (χ1v) is 11.2. The Kier molecular flexibility index (Phi) is 5.51. The van der Waals surface area contributed by atoms with Crippen LogP contribution in [-0.2, 0) is 9.59 Å². The molecular formula is C24H17ClN4O2S. The van der Waals surface area contributed by atoms with E-state index < -0.39 is 5.25 Å². The molecule has 2 aliphatic rings. The van der Waals surface area contributed by atoms with Gasteiger partial charge in [-0.25, -0.2) is 0 Å². The highest BCUT2D eigenvalue weighted by atomic mass is 35.5. The minimum atomic E-state index is -0.565. The number of nitrogens with zero attached hydrogens (tertiary/aromatic N) is 2. The molecule has 6 nitrogen and oxygen atoms in total. The Morgan fingerprint density at radius 3 is 2.12 bits per heavy atom. The number of hydrogen-bond donors (Lipinski definition) is 2. The Hall–Kier alpha value is -3.42. The summed E-state index contributed by atoms with van der Waals surface area (Å²) in [5, 5.41) is 14.7. The van der Waals surface area contributed by atoms with Crippen LogP contribution < -0.4 is 10.6 Å². The standard InChI is InChI=1S/C24H17ClN4O2S/c25-14-9-11-15(12-10-14)26-21(30)13-20-23(31)27-24(32-20)29-28-22-18-7-3-1-5-16(18)17-6-2-4-8-19(17)22/h1-12,20H,13H2,(H,26,30)(H,27,29,31)/t20-/m0/s1. The highest BCUT2D eigenvalue weighted by Gasteiger charge is 2.32. The Labute approximate surface area is 193 Å². The molecule has 0 spiro atoms. The van der Waals surface area contributed by atoms with Gasteiger partial charge >= 0.3 is 0 Å². The summed E-state index contributed by atoms with van der Waals surface area (Å²) in [6.07, 6.45) is 0.0282. The molecule has 3 aromatic rings. The van der Waals surface area contributed by atoms with E-state index in [9.17, 15) is 9.59 Å². The molecule has 1 aliphatic heterocycles. The van der Waals surface area contributed by atoms with Gasteiger partial charge in [-0.2, -0.15) is 0 Å². The third-order valence-electron chi connectivity index (χ3n) is 5.17. The number of rotatable bonds is 4. The van der Waals surface area contributed by atoms with E-state index in [0.717, 1.165) is 28.0 Å². The predicted molar refractivity (Wildman–Crippen MR) is 129 cm³/mol. The van der Waals surface area contributed by atoms with Gasteiger partial charge in [0.25, 0.3) is 0 Å². The third kappa shape index (κ3) is 4.04. The van der Waals surface area contributed by atoms with Crippen molar-refractivity contribution in [2.75, 3.05) is 5.32 Å². The molecule has 1 atom stereocenters. The van der Waals surface area contributed by atoms with Gasteiger partial charge in [0, 0.05) is 28.3 Å². The van der Waals surface area contributed by atoms with Crippen LogP contribution in [0.5, 0.6) is 0 Å². The number of benzene rings is 3. The second-order valence-electron chi connectivity index (χ2n) is 7.30. The zero-order chi connectivity index (χ0) is 22.1. The molecule has 0 unspecified atom stereocenters. The van der Waals surface area contributed by atoms with Gasteiger partial charge < -0.3 is 10.6 Å². The molecule has 2 amide bonds. The van der Waals surface area contributed by atoms with Crippen LogP contribution in [0.25, 0.3) is 11.1 Å². The number of thioether (sulfide) groups is 1. The topological polar surface area (TPSA) is 82.9 Å². The van der Waals surface area contributed by atoms with E-state index in [2.05, 4.69) is 33.0 Å². The molecule has 0 aromatic heterocycles. The van der Waals surface area contributed by atoms with Gasteiger partial charge in [-0.1, -0.05) is 71.9 Å². The number of anilines is 1. The van der Waals surface area contributed by atoms with Gasteiger partial charge in [0.05, 0.1) is 0 Å². The number of carbonyl (C=O) groups excluding carboxylic acids is 2. The fourth-order valence-electron chi connectivity index (χ4n) is 3.70. The van der Waals surface area contributed by atoms with Crippen LogP contribution in [0.1, 0.15) is 17.5 Å². The van der Waals surface area contributed by atoms with Gasteiger partial charge in [0.15, 0.2) is 5.17 Å². The van der Waals surface area contributed by atoms with Crippen molar-refractivity contribution in [3.05, 3.63) is 88.9 Å². The number of nitrogens with one attached hydrogen (secondary N) is 2. The van der Waals surface area contributed by atoms with Crippen LogP contribution in [-0.4, -0.2) is 27.9 Å². The zero-order valence-corrected chi connectivity index (χ0v) is 18.3. The van der Waals surface area contributed by atoms with Crippen LogP contribution in [0, 0.1) is 0 Å². The summed E-state index contributed by atoms with van der Waals surface area (Å²) in [6, 6.07) is 22.9. The molecule has 0 saturated carbocycles. The van der Waals surface area contributed by atoms with Crippen LogP contribution >= 0.6 is 23.4 Å². The third-order valence-corrected chi connectivity index (χ3v) is 6.49. The molecule has 32 heavy (non-hydrogen) atoms. The van der Waals surface area contributed by atoms with Gasteiger partial charge in [0.2, 0.25) is 11.8 Å². The molecule has 1 heterocycles. The maximum absolute atomic E-state index is 12.4. The lowest BCUT2D eigenvalue weighted by Crippen LogP contribution is -2.28. The summed E-state index contributed by atoms with van der Waals surface area (Å²) < 4.78 is 0. The predicted octanol–water partition coefficient (Wildman–Crippen LogP) is 4.69. The second-order valence-corrected chi connectivity index (χ2v) is 8.93. The fraction of sp³-hybridized carbons (Fsp3) is 0.0833. The second kappa shape index (κ2) is 8.61. The van der Waals surface area contributed by atoms with Crippen LogP contribution in [0.4, 0.5) is 5.69 Å². The summed E-state index contributed by atoms with van der Waals surface area (Å²) >= 11 is 7.07. The molecule has 0 radical (unpaired) electrons. The Morgan fingerprint density at radius 2 is 1.50 bits per heavy atom. The number of carbonyl (C=O) groups is 2. The SMILES string of the molecule is O=C(C[C@@H]1S/C(=N\N=C2c3ccccc3-c3ccccc32)NC1=O)Nc1ccc(Cl)cc1. The lowest BCUT2D eigenvalue weighted by atomic mass is 10.1. The van der Waals surface area contributed by atoms with Gasteiger partial charge in [-0.15, -0.1) is 10.2 Å². The summed E-state index contributed by atoms with van der Waals surface area (Å²) in [5.41, 5.74) is 5.63. The maximum atomic E-state index is 12.4. The van der Waals surface area contributed by atoms with Crippen molar-refractivity contribution < 1.29 is 9.59 Å². The molecule has 8 heteroatoms. The van der Waals surface area contributed by atoms with E-state index >= 15 is 0 Å². The van der Waals surface area contributed by atoms with Crippen molar-refractivity contribution in [3.63, 3.8) is 0 Å². The minimum Gasteiger partial charge on any atom is -0.326 e. The first kappa shape index (κ1) is 20.5. The Morgan fingerprint density at radius 1 is 0.906 bits per heavy atom. The smallest absolute Gasteiger partial charge is 0.240 e. The van der Waals surface area contributed by atoms with Crippen molar-refractivity contribution in [1.29, 1.82) is 0 Å². The number of hydrogen-bond acceptors (Lipinski definition) is 5. The van der Waals surface area contributed by atoms with Crippen molar-refractivity contribution in [2.24, 2.45) is 10.2 Å². The summed E-state index contributed by atoms with van der Waals surface area (Å²) in [4.78, 5) is 24.7. The highest BCUT2D eigenvalue weighted by molar-refractivity contribution is 8.15. The molecule has 1 saturated heterocycles. The Bertz CT molecular complexity index is 1240. The lowest BCUT2D eigenvalue weighted by Gasteiger charge is -2.07. The minimum absolute atomic E-state index is 0.0282. The van der Waals surface area contributed by atoms with E-state index in [0.29, 0.717) is 15.9 Å². The molecule has 3 aromatic carbocycles. The summed E-state index contributed by atoms with van der Waals surface area (Å²) in [7, 11) is 0. The van der Waals surface area contributed by atoms with Crippen LogP contribution in [0.15, 0.2) is 83.0 Å². The molecule has 158 valence electrons. The van der Waals surface area contributed by atoms with Gasteiger partial charge in [0.1, 0.15) is 11.0 Å². The normalized spacial score (nSPS) is 17.7. The van der Waals surface area contributed by atoms with E-state index in [4.69, 9.17) is 11.6 Å². The van der Waals surface area contributed by atoms with Crippen molar-refractivity contribution in [3.8, 4) is 11.1 Å². The largest absolute Gasteiger partial charge is 0.326 e. The zero-order valence-electron chi connectivity index (χ0n) is 16.7.